The van der Waals surface area contributed by atoms with Gasteiger partial charge in [-0.3, -0.25) is 5.84 Å². The van der Waals surface area contributed by atoms with Gasteiger partial charge < -0.3 is 0 Å². The van der Waals surface area contributed by atoms with Crippen LogP contribution in [0.25, 0.3) is 0 Å². The third-order valence-electron chi connectivity index (χ3n) is 3.46. The normalized spacial score (nSPS) is 12.5. The van der Waals surface area contributed by atoms with Gasteiger partial charge >= 0.3 is 0 Å². The van der Waals surface area contributed by atoms with Crippen molar-refractivity contribution in [2.24, 2.45) is 5.84 Å². The van der Waals surface area contributed by atoms with Crippen molar-refractivity contribution in [3.05, 3.63) is 68.7 Å². The summed E-state index contributed by atoms with van der Waals surface area (Å²) in [5.41, 5.74) is 9.10. The Kier molecular flexibility index (Phi) is 4.40. The minimum absolute atomic E-state index is 0.0121. The van der Waals surface area contributed by atoms with Crippen LogP contribution in [0.4, 0.5) is 0 Å². The molecular formula is C16H19BrN2. The molecule has 1 unspecified atom stereocenters. The quantitative estimate of drug-likeness (QED) is 0.664. The number of hydrogen-bond acceptors (Lipinski definition) is 2. The summed E-state index contributed by atoms with van der Waals surface area (Å²) in [6.07, 6.45) is 0. The molecule has 0 heterocycles. The van der Waals surface area contributed by atoms with Crippen LogP contribution in [-0.2, 0) is 0 Å². The standard InChI is InChI=1S/C16H19BrN2/c1-10-4-7-14(12(3)8-10)16(19-18)15-9-13(17)6-5-11(15)2/h4-9,16,19H,18H2,1-3H3. The Morgan fingerprint density at radius 2 is 1.68 bits per heavy atom. The first-order chi connectivity index (χ1) is 9.02. The number of nitrogens with two attached hydrogens (primary N) is 1. The van der Waals surface area contributed by atoms with Crippen molar-refractivity contribution in [3.8, 4) is 0 Å². The second-order valence-electron chi connectivity index (χ2n) is 4.96. The lowest BCUT2D eigenvalue weighted by Gasteiger charge is -2.21. The van der Waals surface area contributed by atoms with E-state index in [4.69, 9.17) is 5.84 Å². The Balaban J connectivity index is 2.52. The Hall–Kier alpha value is -1.16. The van der Waals surface area contributed by atoms with E-state index < -0.39 is 0 Å². The van der Waals surface area contributed by atoms with Gasteiger partial charge in [-0.15, -0.1) is 0 Å². The number of aryl methyl sites for hydroxylation is 3. The Bertz CT molecular complexity index is 593. The minimum atomic E-state index is 0.0121. The topological polar surface area (TPSA) is 38.0 Å². The van der Waals surface area contributed by atoms with Crippen LogP contribution in [0.1, 0.15) is 33.9 Å². The highest BCUT2D eigenvalue weighted by Crippen LogP contribution is 2.29. The lowest BCUT2D eigenvalue weighted by molar-refractivity contribution is 0.630. The fraction of sp³-hybridized carbons (Fsp3) is 0.250. The molecule has 0 aliphatic heterocycles. The second-order valence-corrected chi connectivity index (χ2v) is 5.88. The van der Waals surface area contributed by atoms with Gasteiger partial charge in [0.05, 0.1) is 6.04 Å². The van der Waals surface area contributed by atoms with E-state index >= 15 is 0 Å². The van der Waals surface area contributed by atoms with Gasteiger partial charge in [-0.25, -0.2) is 5.43 Å². The number of halogens is 1. The van der Waals surface area contributed by atoms with E-state index in [-0.39, 0.29) is 6.04 Å². The monoisotopic (exact) mass is 318 g/mol. The summed E-state index contributed by atoms with van der Waals surface area (Å²) in [5.74, 6) is 5.80. The number of hydrazine groups is 1. The summed E-state index contributed by atoms with van der Waals surface area (Å²) >= 11 is 3.53. The highest BCUT2D eigenvalue weighted by atomic mass is 79.9. The summed E-state index contributed by atoms with van der Waals surface area (Å²) < 4.78 is 1.07. The van der Waals surface area contributed by atoms with E-state index in [0.717, 1.165) is 4.47 Å². The van der Waals surface area contributed by atoms with Gasteiger partial charge in [0.1, 0.15) is 0 Å². The highest BCUT2D eigenvalue weighted by Gasteiger charge is 2.16. The predicted octanol–water partition coefficient (Wildman–Crippen LogP) is 3.93. The van der Waals surface area contributed by atoms with Crippen molar-refractivity contribution in [2.75, 3.05) is 0 Å². The molecule has 0 saturated heterocycles. The van der Waals surface area contributed by atoms with Gasteiger partial charge in [0, 0.05) is 4.47 Å². The van der Waals surface area contributed by atoms with E-state index in [0.29, 0.717) is 0 Å². The number of hydrogen-bond donors (Lipinski definition) is 2. The molecule has 2 aromatic rings. The molecule has 0 radical (unpaired) electrons. The van der Waals surface area contributed by atoms with Crippen LogP contribution in [0.3, 0.4) is 0 Å². The molecule has 1 atom stereocenters. The van der Waals surface area contributed by atoms with E-state index in [1.165, 1.54) is 27.8 Å². The first-order valence-electron chi connectivity index (χ1n) is 6.32. The van der Waals surface area contributed by atoms with Gasteiger partial charge in [-0.2, -0.15) is 0 Å². The molecule has 19 heavy (non-hydrogen) atoms. The molecule has 0 aromatic heterocycles. The molecule has 0 saturated carbocycles. The van der Waals surface area contributed by atoms with Gasteiger partial charge in [-0.05, 0) is 55.2 Å². The lowest BCUT2D eigenvalue weighted by Crippen LogP contribution is -2.30. The zero-order chi connectivity index (χ0) is 14.0. The SMILES string of the molecule is Cc1ccc(C(NN)c2cc(Br)ccc2C)c(C)c1. The third kappa shape index (κ3) is 3.06. The molecule has 0 aliphatic carbocycles. The van der Waals surface area contributed by atoms with Crippen molar-refractivity contribution < 1.29 is 0 Å². The number of nitrogens with one attached hydrogen (secondary N) is 1. The molecule has 0 amide bonds. The Labute approximate surface area is 123 Å². The maximum Gasteiger partial charge on any atom is 0.0715 e. The molecule has 3 N–H and O–H groups in total. The van der Waals surface area contributed by atoms with E-state index in [9.17, 15) is 0 Å². The predicted molar refractivity (Wildman–Crippen MR) is 84.0 cm³/mol. The number of rotatable bonds is 3. The van der Waals surface area contributed by atoms with Crippen LogP contribution >= 0.6 is 15.9 Å². The summed E-state index contributed by atoms with van der Waals surface area (Å²) in [6, 6.07) is 12.8. The molecule has 0 aliphatic rings. The van der Waals surface area contributed by atoms with Crippen molar-refractivity contribution in [2.45, 2.75) is 26.8 Å². The first-order valence-corrected chi connectivity index (χ1v) is 7.11. The van der Waals surface area contributed by atoms with Crippen molar-refractivity contribution >= 4 is 15.9 Å². The van der Waals surface area contributed by atoms with E-state index in [2.05, 4.69) is 78.5 Å². The molecule has 2 aromatic carbocycles. The van der Waals surface area contributed by atoms with Gasteiger partial charge in [0.2, 0.25) is 0 Å². The third-order valence-corrected chi connectivity index (χ3v) is 3.95. The summed E-state index contributed by atoms with van der Waals surface area (Å²) in [4.78, 5) is 0. The fourth-order valence-corrected chi connectivity index (χ4v) is 2.80. The minimum Gasteiger partial charge on any atom is -0.271 e. The summed E-state index contributed by atoms with van der Waals surface area (Å²) in [7, 11) is 0. The molecule has 2 nitrogen and oxygen atoms in total. The van der Waals surface area contributed by atoms with Crippen LogP contribution in [0.15, 0.2) is 40.9 Å². The average molecular weight is 319 g/mol. The van der Waals surface area contributed by atoms with Crippen molar-refractivity contribution in [1.82, 2.24) is 5.43 Å². The smallest absolute Gasteiger partial charge is 0.0715 e. The molecule has 3 heteroatoms. The summed E-state index contributed by atoms with van der Waals surface area (Å²) in [6.45, 7) is 6.33. The highest BCUT2D eigenvalue weighted by molar-refractivity contribution is 9.10. The van der Waals surface area contributed by atoms with E-state index in [1.54, 1.807) is 0 Å². The van der Waals surface area contributed by atoms with Crippen LogP contribution in [0.5, 0.6) is 0 Å². The Morgan fingerprint density at radius 3 is 2.32 bits per heavy atom. The second kappa shape index (κ2) is 5.87. The molecule has 0 spiro atoms. The molecule has 100 valence electrons. The molecule has 2 rings (SSSR count). The van der Waals surface area contributed by atoms with Crippen LogP contribution in [0, 0.1) is 20.8 Å². The largest absolute Gasteiger partial charge is 0.271 e. The average Bonchev–Trinajstić information content (AvgIpc) is 2.36. The maximum absolute atomic E-state index is 5.80. The van der Waals surface area contributed by atoms with E-state index in [1.807, 2.05) is 0 Å². The van der Waals surface area contributed by atoms with Crippen LogP contribution < -0.4 is 11.3 Å². The van der Waals surface area contributed by atoms with Crippen LogP contribution in [-0.4, -0.2) is 0 Å². The summed E-state index contributed by atoms with van der Waals surface area (Å²) in [5, 5.41) is 0. The van der Waals surface area contributed by atoms with Gasteiger partial charge in [0.25, 0.3) is 0 Å². The fourth-order valence-electron chi connectivity index (χ4n) is 2.42. The van der Waals surface area contributed by atoms with Crippen molar-refractivity contribution in [3.63, 3.8) is 0 Å². The molecule has 0 fully saturated rings. The zero-order valence-electron chi connectivity index (χ0n) is 11.5. The maximum atomic E-state index is 5.80. The van der Waals surface area contributed by atoms with Gasteiger partial charge in [-0.1, -0.05) is 45.8 Å². The number of benzene rings is 2. The van der Waals surface area contributed by atoms with Crippen molar-refractivity contribution in [1.29, 1.82) is 0 Å². The Morgan fingerprint density at radius 1 is 0.947 bits per heavy atom. The first kappa shape index (κ1) is 14.3. The molecule has 0 bridgehead atoms. The van der Waals surface area contributed by atoms with Gasteiger partial charge in [0.15, 0.2) is 0 Å². The van der Waals surface area contributed by atoms with Crippen LogP contribution in [0.2, 0.25) is 0 Å². The zero-order valence-corrected chi connectivity index (χ0v) is 13.1. The lowest BCUT2D eigenvalue weighted by atomic mass is 9.92. The molecular weight excluding hydrogens is 300 g/mol.